The van der Waals surface area contributed by atoms with Crippen LogP contribution in [0.4, 0.5) is 5.69 Å². The first-order valence-electron chi connectivity index (χ1n) is 6.72. The van der Waals surface area contributed by atoms with Crippen molar-refractivity contribution < 1.29 is 4.79 Å². The largest absolute Gasteiger partial charge is 0.326 e. The highest BCUT2D eigenvalue weighted by Crippen LogP contribution is 2.09. The molecule has 0 unspecified atom stereocenters. The van der Waals surface area contributed by atoms with Crippen molar-refractivity contribution in [3.63, 3.8) is 0 Å². The van der Waals surface area contributed by atoms with Crippen LogP contribution in [0, 0.1) is 0 Å². The number of amides is 1. The molecule has 1 rings (SSSR count). The summed E-state index contributed by atoms with van der Waals surface area (Å²) in [5.41, 5.74) is 3.46. The van der Waals surface area contributed by atoms with E-state index in [2.05, 4.69) is 32.2 Å². The number of anilines is 1. The third kappa shape index (κ3) is 7.24. The Balaban J connectivity index is 2.34. The van der Waals surface area contributed by atoms with E-state index in [4.69, 9.17) is 0 Å². The molecule has 19 heavy (non-hydrogen) atoms. The summed E-state index contributed by atoms with van der Waals surface area (Å²) < 4.78 is 0. The van der Waals surface area contributed by atoms with Crippen LogP contribution in [0.1, 0.15) is 40.0 Å². The van der Waals surface area contributed by atoms with Crippen molar-refractivity contribution in [2.24, 2.45) is 0 Å². The second-order valence-electron chi connectivity index (χ2n) is 4.99. The maximum absolute atomic E-state index is 11.7. The summed E-state index contributed by atoms with van der Waals surface area (Å²) in [5, 5.41) is 2.88. The van der Waals surface area contributed by atoms with Crippen molar-refractivity contribution >= 4 is 11.6 Å². The third-order valence-electron chi connectivity index (χ3n) is 2.78. The number of benzene rings is 1. The number of hydrogen-bond donors (Lipinski definition) is 1. The number of nitrogens with one attached hydrogen (secondary N) is 1. The lowest BCUT2D eigenvalue weighted by atomic mass is 10.1. The highest BCUT2D eigenvalue weighted by Gasteiger charge is 1.99. The summed E-state index contributed by atoms with van der Waals surface area (Å²) >= 11 is 0. The number of hydrogen-bond acceptors (Lipinski definition) is 1. The average molecular weight is 257 g/mol. The van der Waals surface area contributed by atoms with Crippen LogP contribution < -0.4 is 5.32 Å². The van der Waals surface area contributed by atoms with Crippen molar-refractivity contribution in [3.8, 4) is 0 Å². The van der Waals surface area contributed by atoms with E-state index < -0.39 is 0 Å². The Hall–Kier alpha value is -1.83. The molecule has 0 aromatic heterocycles. The van der Waals surface area contributed by atoms with Crippen LogP contribution in [0.15, 0.2) is 53.6 Å². The van der Waals surface area contributed by atoms with Gasteiger partial charge in [-0.15, -0.1) is 0 Å². The molecule has 0 radical (unpaired) electrons. The molecule has 0 aliphatic rings. The van der Waals surface area contributed by atoms with E-state index in [1.54, 1.807) is 0 Å². The standard InChI is InChI=1S/C17H23NO/c1-14(2)8-7-9-15(3)12-13-17(19)18-16-10-5-4-6-11-16/h4-6,8,10-12H,7,9,13H2,1-3H3,(H,18,19)/b15-12-. The van der Waals surface area contributed by atoms with Gasteiger partial charge in [0, 0.05) is 12.1 Å². The zero-order valence-corrected chi connectivity index (χ0v) is 12.1. The molecule has 1 amide bonds. The van der Waals surface area contributed by atoms with Crippen LogP contribution in [0.3, 0.4) is 0 Å². The predicted octanol–water partition coefficient (Wildman–Crippen LogP) is 4.71. The van der Waals surface area contributed by atoms with E-state index in [9.17, 15) is 4.79 Å². The topological polar surface area (TPSA) is 29.1 Å². The van der Waals surface area contributed by atoms with Gasteiger partial charge in [-0.05, 0) is 45.7 Å². The molecule has 0 saturated carbocycles. The van der Waals surface area contributed by atoms with Gasteiger partial charge in [0.15, 0.2) is 0 Å². The van der Waals surface area contributed by atoms with Crippen LogP contribution >= 0.6 is 0 Å². The van der Waals surface area contributed by atoms with Crippen LogP contribution in [0.5, 0.6) is 0 Å². The lowest BCUT2D eigenvalue weighted by Crippen LogP contribution is -2.09. The van der Waals surface area contributed by atoms with Gasteiger partial charge in [0.25, 0.3) is 0 Å². The first-order chi connectivity index (χ1) is 9.08. The molecule has 0 fully saturated rings. The molecule has 2 nitrogen and oxygen atoms in total. The Morgan fingerprint density at radius 1 is 1.11 bits per heavy atom. The van der Waals surface area contributed by atoms with Gasteiger partial charge in [-0.1, -0.05) is 41.5 Å². The molecule has 1 aromatic rings. The molecule has 0 aliphatic heterocycles. The second-order valence-corrected chi connectivity index (χ2v) is 4.99. The summed E-state index contributed by atoms with van der Waals surface area (Å²) in [5.74, 6) is 0.0350. The van der Waals surface area contributed by atoms with Gasteiger partial charge in [-0.3, -0.25) is 4.79 Å². The van der Waals surface area contributed by atoms with Crippen LogP contribution in [-0.2, 0) is 4.79 Å². The quantitative estimate of drug-likeness (QED) is 0.735. The molecule has 0 saturated heterocycles. The van der Waals surface area contributed by atoms with E-state index in [1.165, 1.54) is 11.1 Å². The Labute approximate surface area is 116 Å². The van der Waals surface area contributed by atoms with Crippen molar-refractivity contribution in [2.75, 3.05) is 5.32 Å². The molecule has 0 bridgehead atoms. The molecule has 102 valence electrons. The maximum atomic E-state index is 11.7. The number of carbonyl (C=O) groups is 1. The molecular formula is C17H23NO. The molecule has 0 heterocycles. The smallest absolute Gasteiger partial charge is 0.228 e. The van der Waals surface area contributed by atoms with Gasteiger partial charge in [-0.2, -0.15) is 0 Å². The first-order valence-corrected chi connectivity index (χ1v) is 6.72. The molecule has 0 spiro atoms. The van der Waals surface area contributed by atoms with E-state index >= 15 is 0 Å². The fourth-order valence-corrected chi connectivity index (χ4v) is 1.69. The van der Waals surface area contributed by atoms with Gasteiger partial charge in [0.05, 0.1) is 0 Å². The summed E-state index contributed by atoms with van der Waals surface area (Å²) in [6.45, 7) is 6.29. The Morgan fingerprint density at radius 3 is 2.42 bits per heavy atom. The van der Waals surface area contributed by atoms with Crippen LogP contribution in [-0.4, -0.2) is 5.91 Å². The SMILES string of the molecule is CC(C)=CCC/C(C)=C\CC(=O)Nc1ccccc1. The molecular weight excluding hydrogens is 234 g/mol. The zero-order chi connectivity index (χ0) is 14.1. The zero-order valence-electron chi connectivity index (χ0n) is 12.1. The minimum Gasteiger partial charge on any atom is -0.326 e. The lowest BCUT2D eigenvalue weighted by Gasteiger charge is -2.03. The highest BCUT2D eigenvalue weighted by atomic mass is 16.1. The molecule has 2 heteroatoms. The summed E-state index contributed by atoms with van der Waals surface area (Å²) in [7, 11) is 0. The van der Waals surface area contributed by atoms with E-state index in [0.717, 1.165) is 18.5 Å². The predicted molar refractivity (Wildman–Crippen MR) is 82.1 cm³/mol. The van der Waals surface area contributed by atoms with Crippen molar-refractivity contribution in [2.45, 2.75) is 40.0 Å². The minimum absolute atomic E-state index is 0.0350. The van der Waals surface area contributed by atoms with E-state index in [1.807, 2.05) is 36.4 Å². The second kappa shape index (κ2) is 8.30. The molecule has 1 aromatic carbocycles. The van der Waals surface area contributed by atoms with Crippen molar-refractivity contribution in [1.29, 1.82) is 0 Å². The summed E-state index contributed by atoms with van der Waals surface area (Å²) in [4.78, 5) is 11.7. The Morgan fingerprint density at radius 2 is 1.79 bits per heavy atom. The number of para-hydroxylation sites is 1. The normalized spacial score (nSPS) is 11.0. The Bertz CT molecular complexity index is 453. The highest BCUT2D eigenvalue weighted by molar-refractivity contribution is 5.91. The van der Waals surface area contributed by atoms with Crippen molar-refractivity contribution in [3.05, 3.63) is 53.6 Å². The number of rotatable bonds is 6. The van der Waals surface area contributed by atoms with E-state index in [0.29, 0.717) is 6.42 Å². The maximum Gasteiger partial charge on any atom is 0.228 e. The molecule has 0 aliphatic carbocycles. The van der Waals surface area contributed by atoms with Crippen LogP contribution in [0.2, 0.25) is 0 Å². The lowest BCUT2D eigenvalue weighted by molar-refractivity contribution is -0.115. The number of allylic oxidation sites excluding steroid dienone is 3. The fourth-order valence-electron chi connectivity index (χ4n) is 1.69. The van der Waals surface area contributed by atoms with Gasteiger partial charge < -0.3 is 5.32 Å². The van der Waals surface area contributed by atoms with Crippen LogP contribution in [0.25, 0.3) is 0 Å². The van der Waals surface area contributed by atoms with Gasteiger partial charge >= 0.3 is 0 Å². The minimum atomic E-state index is 0.0350. The monoisotopic (exact) mass is 257 g/mol. The van der Waals surface area contributed by atoms with Gasteiger partial charge in [0.1, 0.15) is 0 Å². The van der Waals surface area contributed by atoms with Gasteiger partial charge in [0.2, 0.25) is 5.91 Å². The van der Waals surface area contributed by atoms with E-state index in [-0.39, 0.29) is 5.91 Å². The fraction of sp³-hybridized carbons (Fsp3) is 0.353. The first kappa shape index (κ1) is 15.2. The number of carbonyl (C=O) groups excluding carboxylic acids is 1. The average Bonchev–Trinajstić information content (AvgIpc) is 2.37. The molecule has 0 atom stereocenters. The van der Waals surface area contributed by atoms with Gasteiger partial charge in [-0.25, -0.2) is 0 Å². The van der Waals surface area contributed by atoms with Crippen molar-refractivity contribution in [1.82, 2.24) is 0 Å². The summed E-state index contributed by atoms with van der Waals surface area (Å²) in [6, 6.07) is 9.54. The molecule has 1 N–H and O–H groups in total. The third-order valence-corrected chi connectivity index (χ3v) is 2.78. The summed E-state index contributed by atoms with van der Waals surface area (Å²) in [6.07, 6.45) is 6.74. The Kier molecular flexibility index (Phi) is 6.65.